The second-order valence-corrected chi connectivity index (χ2v) is 6.69. The number of hydrogen-bond acceptors (Lipinski definition) is 1. The lowest BCUT2D eigenvalue weighted by Crippen LogP contribution is -2.36. The van der Waals surface area contributed by atoms with E-state index in [-0.39, 0.29) is 11.2 Å². The summed E-state index contributed by atoms with van der Waals surface area (Å²) in [5.41, 5.74) is 1.00. The highest BCUT2D eigenvalue weighted by Crippen LogP contribution is 2.33. The first-order valence-electron chi connectivity index (χ1n) is 7.26. The van der Waals surface area contributed by atoms with E-state index in [1.54, 1.807) is 12.1 Å². The van der Waals surface area contributed by atoms with Gasteiger partial charge in [-0.2, -0.15) is 0 Å². The molecule has 1 aromatic rings. The van der Waals surface area contributed by atoms with Crippen LogP contribution >= 0.6 is 15.9 Å². The second-order valence-electron chi connectivity index (χ2n) is 5.77. The Morgan fingerprint density at radius 1 is 1.32 bits per heavy atom. The van der Waals surface area contributed by atoms with E-state index in [4.69, 9.17) is 0 Å². The highest BCUT2D eigenvalue weighted by molar-refractivity contribution is 9.10. The average Bonchev–Trinajstić information content (AvgIpc) is 3.23. The van der Waals surface area contributed by atoms with Crippen molar-refractivity contribution < 1.29 is 4.39 Å². The lowest BCUT2D eigenvalue weighted by atomic mass is 9.76. The molecule has 0 amide bonds. The van der Waals surface area contributed by atoms with Crippen LogP contribution in [0.1, 0.15) is 45.1 Å². The summed E-state index contributed by atoms with van der Waals surface area (Å²) in [6.07, 6.45) is 5.57. The van der Waals surface area contributed by atoms with E-state index < -0.39 is 0 Å². The molecule has 0 aliphatic heterocycles. The van der Waals surface area contributed by atoms with Crippen molar-refractivity contribution >= 4 is 15.9 Å². The summed E-state index contributed by atoms with van der Waals surface area (Å²) in [7, 11) is 0. The largest absolute Gasteiger partial charge is 0.313 e. The monoisotopic (exact) mass is 327 g/mol. The van der Waals surface area contributed by atoms with Crippen molar-refractivity contribution in [2.45, 2.75) is 52.0 Å². The van der Waals surface area contributed by atoms with Crippen molar-refractivity contribution in [2.75, 3.05) is 6.54 Å². The standard InChI is InChI=1S/C16H23BrFN/c1-3-16(4-2,11-19-14-6-7-14)10-12-9-13(17)5-8-15(12)18/h5,8-9,14,19H,3-4,6-7,10-11H2,1-2H3. The topological polar surface area (TPSA) is 12.0 Å². The molecule has 1 aliphatic carbocycles. The van der Waals surface area contributed by atoms with Gasteiger partial charge in [0.15, 0.2) is 0 Å². The third kappa shape index (κ3) is 4.03. The molecule has 0 bridgehead atoms. The van der Waals surface area contributed by atoms with Crippen molar-refractivity contribution in [1.29, 1.82) is 0 Å². The Kier molecular flexibility index (Phi) is 5.02. The van der Waals surface area contributed by atoms with Crippen LogP contribution in [0.25, 0.3) is 0 Å². The zero-order valence-corrected chi connectivity index (χ0v) is 13.4. The molecule has 1 N–H and O–H groups in total. The molecule has 0 unspecified atom stereocenters. The predicted octanol–water partition coefficient (Wildman–Crippen LogP) is 4.69. The molecule has 0 heterocycles. The summed E-state index contributed by atoms with van der Waals surface area (Å²) in [4.78, 5) is 0. The smallest absolute Gasteiger partial charge is 0.126 e. The molecule has 1 aliphatic rings. The molecule has 19 heavy (non-hydrogen) atoms. The zero-order valence-electron chi connectivity index (χ0n) is 11.8. The molecule has 3 heteroatoms. The van der Waals surface area contributed by atoms with Gasteiger partial charge in [-0.1, -0.05) is 29.8 Å². The lowest BCUT2D eigenvalue weighted by molar-refractivity contribution is 0.242. The first-order valence-corrected chi connectivity index (χ1v) is 8.05. The number of nitrogens with one attached hydrogen (secondary N) is 1. The molecule has 106 valence electrons. The van der Waals surface area contributed by atoms with Crippen LogP contribution in [0.3, 0.4) is 0 Å². The first-order chi connectivity index (χ1) is 9.08. The van der Waals surface area contributed by atoms with Crippen molar-refractivity contribution in [1.82, 2.24) is 5.32 Å². The van der Waals surface area contributed by atoms with Gasteiger partial charge in [0.05, 0.1) is 0 Å². The maximum absolute atomic E-state index is 13.9. The summed E-state index contributed by atoms with van der Waals surface area (Å²) >= 11 is 3.44. The lowest BCUT2D eigenvalue weighted by Gasteiger charge is -2.32. The fourth-order valence-corrected chi connectivity index (χ4v) is 2.95. The molecule has 0 atom stereocenters. The Labute approximate surface area is 124 Å². The van der Waals surface area contributed by atoms with Crippen LogP contribution in [0, 0.1) is 11.2 Å². The van der Waals surface area contributed by atoms with Crippen molar-refractivity contribution in [3.8, 4) is 0 Å². The Bertz CT molecular complexity index is 425. The Morgan fingerprint density at radius 2 is 2.00 bits per heavy atom. The summed E-state index contributed by atoms with van der Waals surface area (Å²) in [5, 5.41) is 3.62. The highest BCUT2D eigenvalue weighted by atomic mass is 79.9. The number of benzene rings is 1. The second kappa shape index (κ2) is 6.36. The average molecular weight is 328 g/mol. The normalized spacial score (nSPS) is 15.8. The van der Waals surface area contributed by atoms with Gasteiger partial charge in [0.2, 0.25) is 0 Å². The van der Waals surface area contributed by atoms with E-state index in [2.05, 4.69) is 35.1 Å². The molecule has 1 nitrogen and oxygen atoms in total. The fourth-order valence-electron chi connectivity index (χ4n) is 2.54. The molecule has 0 spiro atoms. The van der Waals surface area contributed by atoms with Crippen molar-refractivity contribution in [2.24, 2.45) is 5.41 Å². The first kappa shape index (κ1) is 15.0. The third-order valence-electron chi connectivity index (χ3n) is 4.42. The molecule has 0 radical (unpaired) electrons. The summed E-state index contributed by atoms with van der Waals surface area (Å²) in [6.45, 7) is 5.43. The Balaban J connectivity index is 2.11. The Hall–Kier alpha value is -0.410. The predicted molar refractivity (Wildman–Crippen MR) is 81.8 cm³/mol. The molecule has 1 saturated carbocycles. The summed E-state index contributed by atoms with van der Waals surface area (Å²) in [6, 6.07) is 5.96. The van der Waals surface area contributed by atoms with E-state index >= 15 is 0 Å². The minimum atomic E-state index is -0.0825. The van der Waals surface area contributed by atoms with E-state index in [0.717, 1.165) is 35.8 Å². The summed E-state index contributed by atoms with van der Waals surface area (Å²) in [5.74, 6) is -0.0825. The van der Waals surface area contributed by atoms with E-state index in [0.29, 0.717) is 6.04 Å². The van der Waals surface area contributed by atoms with Crippen LogP contribution in [0.2, 0.25) is 0 Å². The molecule has 1 aromatic carbocycles. The SMILES string of the molecule is CCC(CC)(CNC1CC1)Cc1cc(Br)ccc1F. The van der Waals surface area contributed by atoms with Crippen LogP contribution in [0.5, 0.6) is 0 Å². The number of rotatable bonds is 7. The van der Waals surface area contributed by atoms with Gasteiger partial charge in [-0.3, -0.25) is 0 Å². The van der Waals surface area contributed by atoms with Crippen LogP contribution in [-0.2, 0) is 6.42 Å². The minimum Gasteiger partial charge on any atom is -0.313 e. The van der Waals surface area contributed by atoms with Crippen LogP contribution in [-0.4, -0.2) is 12.6 Å². The highest BCUT2D eigenvalue weighted by Gasteiger charge is 2.30. The molecular formula is C16H23BrFN. The van der Waals surface area contributed by atoms with Gasteiger partial charge in [-0.25, -0.2) is 4.39 Å². The summed E-state index contributed by atoms with van der Waals surface area (Å²) < 4.78 is 14.9. The fraction of sp³-hybridized carbons (Fsp3) is 0.625. The maximum Gasteiger partial charge on any atom is 0.126 e. The Morgan fingerprint density at radius 3 is 2.58 bits per heavy atom. The molecule has 0 aromatic heterocycles. The molecule has 0 saturated heterocycles. The van der Waals surface area contributed by atoms with E-state index in [9.17, 15) is 4.39 Å². The number of hydrogen-bond donors (Lipinski definition) is 1. The maximum atomic E-state index is 13.9. The van der Waals surface area contributed by atoms with Gasteiger partial charge in [0, 0.05) is 17.1 Å². The van der Waals surface area contributed by atoms with Gasteiger partial charge >= 0.3 is 0 Å². The van der Waals surface area contributed by atoms with Gasteiger partial charge in [-0.15, -0.1) is 0 Å². The van der Waals surface area contributed by atoms with E-state index in [1.807, 2.05) is 6.07 Å². The number of halogens is 2. The molecule has 1 fully saturated rings. The van der Waals surface area contributed by atoms with Gasteiger partial charge < -0.3 is 5.32 Å². The third-order valence-corrected chi connectivity index (χ3v) is 4.91. The van der Waals surface area contributed by atoms with Gasteiger partial charge in [0.1, 0.15) is 5.82 Å². The van der Waals surface area contributed by atoms with Crippen molar-refractivity contribution in [3.63, 3.8) is 0 Å². The minimum absolute atomic E-state index is 0.0825. The van der Waals surface area contributed by atoms with Crippen LogP contribution < -0.4 is 5.32 Å². The van der Waals surface area contributed by atoms with E-state index in [1.165, 1.54) is 12.8 Å². The molecule has 2 rings (SSSR count). The van der Waals surface area contributed by atoms with Crippen LogP contribution in [0.4, 0.5) is 4.39 Å². The molecular weight excluding hydrogens is 305 g/mol. The van der Waals surface area contributed by atoms with Crippen molar-refractivity contribution in [3.05, 3.63) is 34.1 Å². The quantitative estimate of drug-likeness (QED) is 0.766. The van der Waals surface area contributed by atoms with Gasteiger partial charge in [0.25, 0.3) is 0 Å². The van der Waals surface area contributed by atoms with Crippen LogP contribution in [0.15, 0.2) is 22.7 Å². The van der Waals surface area contributed by atoms with Gasteiger partial charge in [-0.05, 0) is 61.3 Å². The zero-order chi connectivity index (χ0) is 13.9.